The lowest BCUT2D eigenvalue weighted by molar-refractivity contribution is -0.142. The largest absolute Gasteiger partial charge is 0.480 e. The number of hydrogen-bond acceptors (Lipinski definition) is 9. The number of carbonyl (C=O) groups excluding carboxylic acids is 3. The zero-order chi connectivity index (χ0) is 31.9. The number of aliphatic carboxylic acids is 1. The van der Waals surface area contributed by atoms with Crippen LogP contribution >= 0.6 is 0 Å². The number of fused-ring (bicyclic) bond motifs is 1. The lowest BCUT2D eigenvalue weighted by Gasteiger charge is -2.42. The molecular weight excluding hydrogens is 556 g/mol. The van der Waals surface area contributed by atoms with Crippen LogP contribution in [0.15, 0.2) is 18.6 Å². The van der Waals surface area contributed by atoms with Crippen LogP contribution in [0.3, 0.4) is 0 Å². The van der Waals surface area contributed by atoms with Gasteiger partial charge >= 0.3 is 18.1 Å². The number of carboxylic acid groups (broad SMARTS) is 1. The summed E-state index contributed by atoms with van der Waals surface area (Å²) in [5, 5.41) is 22.1. The molecule has 234 valence electrons. The maximum Gasteiger partial charge on any atom is 0.407 e. The summed E-state index contributed by atoms with van der Waals surface area (Å²) in [6.45, 7) is 8.76. The van der Waals surface area contributed by atoms with E-state index >= 15 is 0 Å². The summed E-state index contributed by atoms with van der Waals surface area (Å²) in [7, 11) is 3.32. The standard InChI is InChI=1S/C29H42N8O6/c1-19-11-15-36(23(38)10-13-30)17-22(19)34(5)24-20-12-16-37(25(20)33-18-32-24)28(42)35(6)21(26(39)40)9-7-8-14-31-27(41)43-29(2,3)4/h12,16,18-19,21-22H,7-11,14-15,17H2,1-6H3,(H,31,41)(H,39,40)/t19-,21+,22+/m1/s1. The Kier molecular flexibility index (Phi) is 10.9. The maximum atomic E-state index is 13.5. The van der Waals surface area contributed by atoms with Crippen LogP contribution in [-0.2, 0) is 14.3 Å². The van der Waals surface area contributed by atoms with Gasteiger partial charge in [-0.05, 0) is 58.4 Å². The number of piperidine rings is 1. The van der Waals surface area contributed by atoms with Gasteiger partial charge in [0.2, 0.25) is 5.91 Å². The first-order valence-electron chi connectivity index (χ1n) is 14.4. The number of carbonyl (C=O) groups is 4. The van der Waals surface area contributed by atoms with Crippen LogP contribution in [0.25, 0.3) is 11.0 Å². The zero-order valence-corrected chi connectivity index (χ0v) is 25.7. The second-order valence-corrected chi connectivity index (χ2v) is 11.9. The van der Waals surface area contributed by atoms with Crippen LogP contribution in [0, 0.1) is 17.2 Å². The van der Waals surface area contributed by atoms with Crippen LogP contribution in [0.5, 0.6) is 0 Å². The number of nitrogens with one attached hydrogen (secondary N) is 1. The molecule has 14 nitrogen and oxygen atoms in total. The maximum absolute atomic E-state index is 13.5. The van der Waals surface area contributed by atoms with Crippen LogP contribution < -0.4 is 10.2 Å². The molecule has 1 aliphatic heterocycles. The summed E-state index contributed by atoms with van der Waals surface area (Å²) >= 11 is 0. The highest BCUT2D eigenvalue weighted by Crippen LogP contribution is 2.30. The highest BCUT2D eigenvalue weighted by Gasteiger charge is 2.33. The number of ether oxygens (including phenoxy) is 1. The smallest absolute Gasteiger partial charge is 0.407 e. The summed E-state index contributed by atoms with van der Waals surface area (Å²) in [5.41, 5.74) is -0.278. The third-order valence-corrected chi connectivity index (χ3v) is 7.63. The van der Waals surface area contributed by atoms with Crippen LogP contribution in [-0.4, -0.2) is 105 Å². The van der Waals surface area contributed by atoms with Crippen molar-refractivity contribution in [3.63, 3.8) is 0 Å². The molecule has 3 rings (SSSR count). The number of hydrogen-bond donors (Lipinski definition) is 2. The number of amides is 3. The first-order chi connectivity index (χ1) is 20.2. The van der Waals surface area contributed by atoms with Crippen molar-refractivity contribution in [2.45, 2.75) is 77.5 Å². The van der Waals surface area contributed by atoms with Crippen LogP contribution in [0.4, 0.5) is 15.4 Å². The van der Waals surface area contributed by atoms with E-state index in [1.807, 2.05) is 18.0 Å². The van der Waals surface area contributed by atoms with Crippen molar-refractivity contribution >= 4 is 40.9 Å². The first kappa shape index (κ1) is 33.1. The molecule has 3 amide bonds. The van der Waals surface area contributed by atoms with E-state index < -0.39 is 29.7 Å². The summed E-state index contributed by atoms with van der Waals surface area (Å²) in [6, 6.07) is 1.93. The fourth-order valence-electron chi connectivity index (χ4n) is 5.24. The van der Waals surface area contributed by atoms with E-state index in [1.54, 1.807) is 37.9 Å². The minimum Gasteiger partial charge on any atom is -0.480 e. The Balaban J connectivity index is 1.70. The van der Waals surface area contributed by atoms with Gasteiger partial charge in [0, 0.05) is 39.9 Å². The SMILES string of the molecule is C[C@@H]1CCN(C(=O)CC#N)C[C@@H]1N(C)c1ncnc2c1ccn2C(=O)N(C)[C@@H](CCCCNC(=O)OC(C)(C)C)C(=O)O. The predicted octanol–water partition coefficient (Wildman–Crippen LogP) is 3.07. The molecule has 1 fully saturated rings. The van der Waals surface area contributed by atoms with Crippen LogP contribution in [0.2, 0.25) is 0 Å². The predicted molar refractivity (Wildman–Crippen MR) is 158 cm³/mol. The fraction of sp³-hybridized carbons (Fsp3) is 0.621. The molecule has 3 atom stereocenters. The van der Waals surface area contributed by atoms with Crippen molar-refractivity contribution in [2.24, 2.45) is 5.92 Å². The topological polar surface area (TPSA) is 174 Å². The van der Waals surface area contributed by atoms with Crippen molar-refractivity contribution in [2.75, 3.05) is 38.6 Å². The summed E-state index contributed by atoms with van der Waals surface area (Å²) in [5.74, 6) is -0.512. The summed E-state index contributed by atoms with van der Waals surface area (Å²) < 4.78 is 6.50. The average Bonchev–Trinajstić information content (AvgIpc) is 3.37. The molecule has 1 saturated heterocycles. The summed E-state index contributed by atoms with van der Waals surface area (Å²) in [6.07, 6.45) is 4.14. The number of likely N-dealkylation sites (N-methyl/N-ethyl adjacent to an activating group) is 2. The molecule has 2 N–H and O–H groups in total. The van der Waals surface area contributed by atoms with Gasteiger partial charge < -0.3 is 29.9 Å². The quantitative estimate of drug-likeness (QED) is 0.387. The minimum absolute atomic E-state index is 0.0718. The lowest BCUT2D eigenvalue weighted by Crippen LogP contribution is -2.52. The molecule has 0 unspecified atom stereocenters. The van der Waals surface area contributed by atoms with Gasteiger partial charge in [0.15, 0.2) is 5.65 Å². The molecule has 0 bridgehead atoms. The van der Waals surface area contributed by atoms with Gasteiger partial charge in [-0.15, -0.1) is 0 Å². The van der Waals surface area contributed by atoms with Gasteiger partial charge in [-0.1, -0.05) is 6.92 Å². The van der Waals surface area contributed by atoms with E-state index in [4.69, 9.17) is 10.00 Å². The number of nitrogens with zero attached hydrogens (tertiary/aromatic N) is 7. The Morgan fingerprint density at radius 2 is 1.95 bits per heavy atom. The average molecular weight is 599 g/mol. The number of carboxylic acids is 1. The number of aromatic nitrogens is 3. The molecule has 0 aliphatic carbocycles. The van der Waals surface area contributed by atoms with Gasteiger partial charge in [-0.2, -0.15) is 5.26 Å². The van der Waals surface area contributed by atoms with Crippen LogP contribution in [0.1, 0.15) is 59.8 Å². The Bertz CT molecular complexity index is 1360. The molecule has 0 aromatic carbocycles. The van der Waals surface area contributed by atoms with E-state index in [9.17, 15) is 24.3 Å². The minimum atomic E-state index is -1.13. The van der Waals surface area contributed by atoms with Gasteiger partial charge in [0.1, 0.15) is 30.2 Å². The second-order valence-electron chi connectivity index (χ2n) is 11.9. The molecule has 0 spiro atoms. The lowest BCUT2D eigenvalue weighted by atomic mass is 9.92. The molecule has 14 heteroatoms. The number of alkyl carbamates (subject to hydrolysis) is 1. The number of nitriles is 1. The molecule has 0 saturated carbocycles. The number of anilines is 1. The molecule has 43 heavy (non-hydrogen) atoms. The molecule has 2 aromatic rings. The molecule has 3 heterocycles. The highest BCUT2D eigenvalue weighted by molar-refractivity contribution is 5.95. The number of rotatable bonds is 10. The van der Waals surface area contributed by atoms with Crippen molar-refractivity contribution in [1.29, 1.82) is 5.26 Å². The van der Waals surface area contributed by atoms with E-state index in [-0.39, 0.29) is 30.7 Å². The van der Waals surface area contributed by atoms with Crippen molar-refractivity contribution in [3.05, 3.63) is 18.6 Å². The fourth-order valence-corrected chi connectivity index (χ4v) is 5.24. The molecule has 1 aliphatic rings. The van der Waals surface area contributed by atoms with E-state index in [0.717, 1.165) is 6.42 Å². The van der Waals surface area contributed by atoms with Crippen molar-refractivity contribution in [3.8, 4) is 6.07 Å². The normalized spacial score (nSPS) is 17.6. The van der Waals surface area contributed by atoms with Crippen molar-refractivity contribution < 1.29 is 29.0 Å². The van der Waals surface area contributed by atoms with Gasteiger partial charge in [0.05, 0.1) is 17.5 Å². The van der Waals surface area contributed by atoms with E-state index in [1.165, 1.54) is 22.8 Å². The van der Waals surface area contributed by atoms with E-state index in [2.05, 4.69) is 22.2 Å². The van der Waals surface area contributed by atoms with Gasteiger partial charge in [-0.3, -0.25) is 9.36 Å². The van der Waals surface area contributed by atoms with Crippen molar-refractivity contribution in [1.82, 2.24) is 29.7 Å². The second kappa shape index (κ2) is 14.2. The Labute approximate surface area is 251 Å². The molecular formula is C29H42N8O6. The number of unbranched alkanes of at least 4 members (excludes halogenated alkanes) is 1. The monoisotopic (exact) mass is 598 g/mol. The summed E-state index contributed by atoms with van der Waals surface area (Å²) in [4.78, 5) is 63.5. The number of likely N-dealkylation sites (tertiary alicyclic amines) is 1. The Hall–Kier alpha value is -4.41. The van der Waals surface area contributed by atoms with Gasteiger partial charge in [0.25, 0.3) is 0 Å². The molecule has 2 aromatic heterocycles. The third-order valence-electron chi connectivity index (χ3n) is 7.63. The van der Waals surface area contributed by atoms with E-state index in [0.29, 0.717) is 49.3 Å². The first-order valence-corrected chi connectivity index (χ1v) is 14.4. The highest BCUT2D eigenvalue weighted by atomic mass is 16.6. The Morgan fingerprint density at radius 1 is 1.23 bits per heavy atom. The zero-order valence-electron chi connectivity index (χ0n) is 25.7. The third kappa shape index (κ3) is 8.33. The van der Waals surface area contributed by atoms with Gasteiger partial charge in [-0.25, -0.2) is 24.4 Å². The molecule has 0 radical (unpaired) electrons. The Morgan fingerprint density at radius 3 is 2.60 bits per heavy atom.